The van der Waals surface area contributed by atoms with Crippen LogP contribution >= 0.6 is 15.9 Å². The lowest BCUT2D eigenvalue weighted by Crippen LogP contribution is -2.46. The maximum absolute atomic E-state index is 12.1. The van der Waals surface area contributed by atoms with Gasteiger partial charge in [-0.25, -0.2) is 0 Å². The Morgan fingerprint density at radius 3 is 2.67 bits per heavy atom. The molecule has 5 heteroatoms. The maximum atomic E-state index is 12.1. The molecule has 4 N–H and O–H groups in total. The Kier molecular flexibility index (Phi) is 5.16. The second-order valence-electron chi connectivity index (χ2n) is 4.62. The van der Waals surface area contributed by atoms with Crippen LogP contribution < -0.4 is 11.1 Å². The topological polar surface area (TPSA) is 75.3 Å². The molecule has 0 bridgehead atoms. The quantitative estimate of drug-likeness (QED) is 0.730. The number of nitrogens with one attached hydrogen (secondary N) is 1. The smallest absolute Gasteiger partial charge is 0.251 e. The van der Waals surface area contributed by atoms with Gasteiger partial charge in [0.15, 0.2) is 0 Å². The molecule has 1 rings (SSSR count). The number of carbonyl (C=O) groups is 1. The van der Waals surface area contributed by atoms with E-state index in [0.717, 1.165) is 10.9 Å². The summed E-state index contributed by atoms with van der Waals surface area (Å²) in [7, 11) is 0. The van der Waals surface area contributed by atoms with Gasteiger partial charge in [0.2, 0.25) is 0 Å². The summed E-state index contributed by atoms with van der Waals surface area (Å²) >= 11 is 3.31. The third-order valence-corrected chi connectivity index (χ3v) is 3.50. The highest BCUT2D eigenvalue weighted by Crippen LogP contribution is 2.19. The molecule has 0 aliphatic carbocycles. The van der Waals surface area contributed by atoms with Crippen LogP contribution in [0.2, 0.25) is 0 Å². The number of benzene rings is 1. The zero-order valence-electron chi connectivity index (χ0n) is 10.7. The van der Waals surface area contributed by atoms with Crippen molar-refractivity contribution in [1.29, 1.82) is 0 Å². The normalized spacial score (nSPS) is 14.0. The third-order valence-electron chi connectivity index (χ3n) is 3.04. The molecule has 0 heterocycles. The number of rotatable bonds is 5. The van der Waals surface area contributed by atoms with Crippen molar-refractivity contribution in [3.8, 4) is 0 Å². The van der Waals surface area contributed by atoms with E-state index in [2.05, 4.69) is 21.2 Å². The van der Waals surface area contributed by atoms with Gasteiger partial charge in [0.05, 0.1) is 0 Å². The summed E-state index contributed by atoms with van der Waals surface area (Å²) in [5.41, 5.74) is 6.35. The number of anilines is 1. The van der Waals surface area contributed by atoms with E-state index in [1.54, 1.807) is 18.2 Å². The molecule has 1 aromatic rings. The van der Waals surface area contributed by atoms with E-state index in [4.69, 9.17) is 10.8 Å². The highest BCUT2D eigenvalue weighted by Gasteiger charge is 2.24. The lowest BCUT2D eigenvalue weighted by Gasteiger charge is -2.29. The molecule has 0 aromatic heterocycles. The molecule has 0 spiro atoms. The first-order chi connectivity index (χ1) is 8.40. The average Bonchev–Trinajstić information content (AvgIpc) is 2.28. The van der Waals surface area contributed by atoms with Crippen LogP contribution in [0.15, 0.2) is 22.7 Å². The Morgan fingerprint density at radius 1 is 1.50 bits per heavy atom. The lowest BCUT2D eigenvalue weighted by molar-refractivity contribution is 0.0886. The van der Waals surface area contributed by atoms with Crippen molar-refractivity contribution in [3.05, 3.63) is 28.2 Å². The van der Waals surface area contributed by atoms with E-state index in [0.29, 0.717) is 17.7 Å². The molecule has 0 fully saturated rings. The number of carbonyl (C=O) groups excluding carboxylic acids is 1. The van der Waals surface area contributed by atoms with Gasteiger partial charge < -0.3 is 16.2 Å². The van der Waals surface area contributed by atoms with Crippen molar-refractivity contribution in [3.63, 3.8) is 0 Å². The maximum Gasteiger partial charge on any atom is 0.251 e. The van der Waals surface area contributed by atoms with E-state index >= 15 is 0 Å². The van der Waals surface area contributed by atoms with Crippen molar-refractivity contribution >= 4 is 27.5 Å². The van der Waals surface area contributed by atoms with E-state index in [1.807, 2.05) is 13.8 Å². The SMILES string of the molecule is CCC(C)(CCO)NC(=O)c1cc(N)cc(Br)c1. The standard InChI is InChI=1S/C13H19BrN2O2/c1-3-13(2,4-5-17)16-12(18)9-6-10(14)8-11(15)7-9/h6-8,17H,3-5,15H2,1-2H3,(H,16,18). The minimum atomic E-state index is -0.400. The van der Waals surface area contributed by atoms with E-state index in [1.165, 1.54) is 0 Å². The highest BCUT2D eigenvalue weighted by atomic mass is 79.9. The number of amides is 1. The monoisotopic (exact) mass is 314 g/mol. The highest BCUT2D eigenvalue weighted by molar-refractivity contribution is 9.10. The van der Waals surface area contributed by atoms with Gasteiger partial charge in [-0.05, 0) is 38.0 Å². The first-order valence-corrected chi connectivity index (χ1v) is 6.69. The van der Waals surface area contributed by atoms with Gasteiger partial charge in [0.1, 0.15) is 0 Å². The van der Waals surface area contributed by atoms with Crippen LogP contribution in [0, 0.1) is 0 Å². The molecule has 4 nitrogen and oxygen atoms in total. The first kappa shape index (κ1) is 15.0. The fraction of sp³-hybridized carbons (Fsp3) is 0.462. The Balaban J connectivity index is 2.87. The molecule has 1 unspecified atom stereocenters. The minimum Gasteiger partial charge on any atom is -0.399 e. The molecule has 100 valence electrons. The zero-order valence-corrected chi connectivity index (χ0v) is 12.3. The molecule has 1 atom stereocenters. The van der Waals surface area contributed by atoms with Gasteiger partial charge in [0, 0.05) is 27.9 Å². The summed E-state index contributed by atoms with van der Waals surface area (Å²) < 4.78 is 0.771. The van der Waals surface area contributed by atoms with Crippen LogP contribution in [-0.4, -0.2) is 23.2 Å². The Hall–Kier alpha value is -1.07. The number of nitrogens with two attached hydrogens (primary N) is 1. The number of halogens is 1. The fourth-order valence-corrected chi connectivity index (χ4v) is 2.18. The van der Waals surface area contributed by atoms with Crippen molar-refractivity contribution in [2.75, 3.05) is 12.3 Å². The van der Waals surface area contributed by atoms with E-state index in [9.17, 15) is 4.79 Å². The molecule has 0 saturated carbocycles. The Bertz CT molecular complexity index is 417. The largest absolute Gasteiger partial charge is 0.399 e. The summed E-state index contributed by atoms with van der Waals surface area (Å²) in [6.45, 7) is 3.94. The van der Waals surface area contributed by atoms with Gasteiger partial charge >= 0.3 is 0 Å². The number of nitrogen functional groups attached to an aromatic ring is 1. The second kappa shape index (κ2) is 6.20. The molecule has 1 amide bonds. The summed E-state index contributed by atoms with van der Waals surface area (Å²) in [6.07, 6.45) is 1.28. The summed E-state index contributed by atoms with van der Waals surface area (Å²) in [6, 6.07) is 5.10. The van der Waals surface area contributed by atoms with E-state index < -0.39 is 5.54 Å². The van der Waals surface area contributed by atoms with Gasteiger partial charge in [0.25, 0.3) is 5.91 Å². The number of aliphatic hydroxyl groups is 1. The van der Waals surface area contributed by atoms with Gasteiger partial charge in [-0.2, -0.15) is 0 Å². The first-order valence-electron chi connectivity index (χ1n) is 5.89. The van der Waals surface area contributed by atoms with Crippen LogP contribution in [0.1, 0.15) is 37.0 Å². The van der Waals surface area contributed by atoms with Gasteiger partial charge in [-0.3, -0.25) is 4.79 Å². The fourth-order valence-electron chi connectivity index (χ4n) is 1.66. The summed E-state index contributed by atoms with van der Waals surface area (Å²) in [5.74, 6) is -0.180. The second-order valence-corrected chi connectivity index (χ2v) is 5.53. The molecule has 0 aliphatic rings. The van der Waals surface area contributed by atoms with Gasteiger partial charge in [-0.1, -0.05) is 22.9 Å². The molecular formula is C13H19BrN2O2. The molecular weight excluding hydrogens is 296 g/mol. The van der Waals surface area contributed by atoms with E-state index in [-0.39, 0.29) is 12.5 Å². The predicted molar refractivity (Wildman–Crippen MR) is 76.4 cm³/mol. The minimum absolute atomic E-state index is 0.0469. The zero-order chi connectivity index (χ0) is 13.8. The Morgan fingerprint density at radius 2 is 2.17 bits per heavy atom. The molecule has 0 aliphatic heterocycles. The van der Waals surface area contributed by atoms with Crippen molar-refractivity contribution in [2.24, 2.45) is 0 Å². The molecule has 1 aromatic carbocycles. The average molecular weight is 315 g/mol. The summed E-state index contributed by atoms with van der Waals surface area (Å²) in [5, 5.41) is 12.0. The van der Waals surface area contributed by atoms with Crippen LogP contribution in [0.3, 0.4) is 0 Å². The van der Waals surface area contributed by atoms with Gasteiger partial charge in [-0.15, -0.1) is 0 Å². The number of hydrogen-bond donors (Lipinski definition) is 3. The van der Waals surface area contributed by atoms with Crippen molar-refractivity contribution in [2.45, 2.75) is 32.2 Å². The molecule has 0 radical (unpaired) electrons. The van der Waals surface area contributed by atoms with Crippen molar-refractivity contribution in [1.82, 2.24) is 5.32 Å². The van der Waals surface area contributed by atoms with Crippen LogP contribution in [-0.2, 0) is 0 Å². The number of hydrogen-bond acceptors (Lipinski definition) is 3. The van der Waals surface area contributed by atoms with Crippen LogP contribution in [0.25, 0.3) is 0 Å². The van der Waals surface area contributed by atoms with Crippen LogP contribution in [0.4, 0.5) is 5.69 Å². The molecule has 18 heavy (non-hydrogen) atoms. The predicted octanol–water partition coefficient (Wildman–Crippen LogP) is 2.31. The number of aliphatic hydroxyl groups excluding tert-OH is 1. The summed E-state index contributed by atoms with van der Waals surface area (Å²) in [4.78, 5) is 12.1. The Labute approximate surface area is 116 Å². The van der Waals surface area contributed by atoms with Crippen molar-refractivity contribution < 1.29 is 9.90 Å². The lowest BCUT2D eigenvalue weighted by atomic mass is 9.94. The van der Waals surface area contributed by atoms with Crippen LogP contribution in [0.5, 0.6) is 0 Å². The molecule has 0 saturated heterocycles. The third kappa shape index (κ3) is 3.99.